The molecule has 0 radical (unpaired) electrons. The van der Waals surface area contributed by atoms with Crippen molar-refractivity contribution in [2.24, 2.45) is 5.92 Å². The lowest BCUT2D eigenvalue weighted by Crippen LogP contribution is -2.15. The molecule has 1 fully saturated rings. The molecule has 1 N–H and O–H groups in total. The largest absolute Gasteiger partial charge is 0.382 e. The van der Waals surface area contributed by atoms with E-state index in [0.717, 1.165) is 36.4 Å². The molecule has 2 nitrogen and oxygen atoms in total. The van der Waals surface area contributed by atoms with Crippen LogP contribution in [-0.4, -0.2) is 19.8 Å². The summed E-state index contributed by atoms with van der Waals surface area (Å²) >= 11 is 6.03. The van der Waals surface area contributed by atoms with E-state index in [1.54, 1.807) is 0 Å². The summed E-state index contributed by atoms with van der Waals surface area (Å²) in [5.41, 5.74) is 0.983. The molecule has 0 spiro atoms. The van der Waals surface area contributed by atoms with Crippen molar-refractivity contribution in [2.45, 2.75) is 25.7 Å². The van der Waals surface area contributed by atoms with E-state index in [0.29, 0.717) is 0 Å². The van der Waals surface area contributed by atoms with Crippen molar-refractivity contribution in [1.29, 1.82) is 0 Å². The molecule has 94 valence electrons. The van der Waals surface area contributed by atoms with E-state index in [-0.39, 0.29) is 0 Å². The lowest BCUT2D eigenvalue weighted by atomic mass is 9.83. The lowest BCUT2D eigenvalue weighted by molar-refractivity contribution is 0.114. The number of hydrogen-bond donors (Lipinski definition) is 1. The Morgan fingerprint density at radius 2 is 2.06 bits per heavy atom. The predicted octanol–water partition coefficient (Wildman–Crippen LogP) is 3.96. The first-order valence-electron chi connectivity index (χ1n) is 6.42. The van der Waals surface area contributed by atoms with Gasteiger partial charge >= 0.3 is 0 Å². The van der Waals surface area contributed by atoms with Gasteiger partial charge in [0.25, 0.3) is 0 Å². The van der Waals surface area contributed by atoms with Crippen molar-refractivity contribution >= 4 is 17.3 Å². The fourth-order valence-corrected chi connectivity index (χ4v) is 2.20. The Labute approximate surface area is 108 Å². The molecule has 1 saturated carbocycles. The molecule has 3 heteroatoms. The maximum absolute atomic E-state index is 6.03. The molecule has 1 aromatic rings. The molecule has 17 heavy (non-hydrogen) atoms. The molecule has 0 saturated heterocycles. The minimum atomic E-state index is 0.748. The lowest BCUT2D eigenvalue weighted by Gasteiger charge is -2.24. The van der Waals surface area contributed by atoms with Crippen LogP contribution in [0.1, 0.15) is 25.7 Å². The van der Waals surface area contributed by atoms with Crippen molar-refractivity contribution < 1.29 is 4.74 Å². The van der Waals surface area contributed by atoms with Gasteiger partial charge in [-0.3, -0.25) is 0 Å². The summed E-state index contributed by atoms with van der Waals surface area (Å²) in [6, 6.07) is 7.78. The smallest absolute Gasteiger partial charge is 0.0639 e. The number of nitrogens with one attached hydrogen (secondary N) is 1. The summed E-state index contributed by atoms with van der Waals surface area (Å²) in [7, 11) is 0. The van der Waals surface area contributed by atoms with Gasteiger partial charge in [-0.1, -0.05) is 43.0 Å². The molecule has 2 rings (SSSR count). The van der Waals surface area contributed by atoms with Gasteiger partial charge in [0.2, 0.25) is 0 Å². The number of para-hydroxylation sites is 1. The normalized spacial score (nSPS) is 15.6. The molecule has 0 aliphatic heterocycles. The maximum Gasteiger partial charge on any atom is 0.0639 e. The van der Waals surface area contributed by atoms with Gasteiger partial charge in [-0.2, -0.15) is 0 Å². The van der Waals surface area contributed by atoms with Gasteiger partial charge in [-0.25, -0.2) is 0 Å². The highest BCUT2D eigenvalue weighted by Crippen LogP contribution is 2.29. The van der Waals surface area contributed by atoms with Crippen LogP contribution in [0.25, 0.3) is 0 Å². The second-order valence-electron chi connectivity index (χ2n) is 4.60. The van der Waals surface area contributed by atoms with E-state index in [4.69, 9.17) is 16.3 Å². The number of benzene rings is 1. The maximum atomic E-state index is 6.03. The average molecular weight is 254 g/mol. The highest BCUT2D eigenvalue weighted by Gasteiger charge is 2.16. The minimum absolute atomic E-state index is 0.748. The van der Waals surface area contributed by atoms with Crippen LogP contribution >= 0.6 is 11.6 Å². The van der Waals surface area contributed by atoms with Crippen molar-refractivity contribution in [3.63, 3.8) is 0 Å². The van der Waals surface area contributed by atoms with E-state index >= 15 is 0 Å². The third-order valence-electron chi connectivity index (χ3n) is 3.33. The van der Waals surface area contributed by atoms with Crippen molar-refractivity contribution in [1.82, 2.24) is 0 Å². The molecule has 0 aromatic heterocycles. The summed E-state index contributed by atoms with van der Waals surface area (Å²) < 4.78 is 5.60. The number of anilines is 1. The fraction of sp³-hybridized carbons (Fsp3) is 0.571. The first-order valence-corrected chi connectivity index (χ1v) is 6.80. The van der Waals surface area contributed by atoms with Gasteiger partial charge in [0, 0.05) is 13.2 Å². The Morgan fingerprint density at radius 1 is 1.24 bits per heavy atom. The molecule has 0 heterocycles. The summed E-state index contributed by atoms with van der Waals surface area (Å²) in [4.78, 5) is 0. The highest BCUT2D eigenvalue weighted by atomic mass is 35.5. The zero-order valence-electron chi connectivity index (χ0n) is 10.1. The number of hydrogen-bond acceptors (Lipinski definition) is 2. The van der Waals surface area contributed by atoms with Gasteiger partial charge < -0.3 is 10.1 Å². The molecule has 1 aromatic carbocycles. The molecule has 0 atom stereocenters. The molecule has 1 aliphatic carbocycles. The Bertz CT molecular complexity index is 339. The van der Waals surface area contributed by atoms with Gasteiger partial charge in [-0.05, 0) is 24.5 Å². The van der Waals surface area contributed by atoms with Crippen molar-refractivity contribution in [3.05, 3.63) is 29.3 Å². The van der Waals surface area contributed by atoms with Crippen LogP contribution in [-0.2, 0) is 4.74 Å². The fourth-order valence-electron chi connectivity index (χ4n) is 2.00. The second kappa shape index (κ2) is 6.87. The Balaban J connectivity index is 1.52. The molecule has 1 aliphatic rings. The van der Waals surface area contributed by atoms with Crippen LogP contribution in [0.2, 0.25) is 5.02 Å². The average Bonchev–Trinajstić information content (AvgIpc) is 2.28. The first kappa shape index (κ1) is 12.7. The third kappa shape index (κ3) is 4.21. The number of rotatable bonds is 7. The SMILES string of the molecule is Clc1ccccc1NCCOCCC1CCC1. The summed E-state index contributed by atoms with van der Waals surface area (Å²) in [6.07, 6.45) is 5.45. The van der Waals surface area contributed by atoms with Crippen LogP contribution in [0.3, 0.4) is 0 Å². The van der Waals surface area contributed by atoms with Crippen LogP contribution in [0.4, 0.5) is 5.69 Å². The molecular formula is C14H20ClNO. The highest BCUT2D eigenvalue weighted by molar-refractivity contribution is 6.33. The third-order valence-corrected chi connectivity index (χ3v) is 3.66. The zero-order valence-corrected chi connectivity index (χ0v) is 10.9. The zero-order chi connectivity index (χ0) is 11.9. The number of ether oxygens (including phenoxy) is 1. The van der Waals surface area contributed by atoms with E-state index < -0.39 is 0 Å². The van der Waals surface area contributed by atoms with Crippen molar-refractivity contribution in [3.8, 4) is 0 Å². The van der Waals surface area contributed by atoms with E-state index in [2.05, 4.69) is 5.32 Å². The number of halogens is 1. The van der Waals surface area contributed by atoms with E-state index in [1.165, 1.54) is 25.7 Å². The second-order valence-corrected chi connectivity index (χ2v) is 5.01. The Morgan fingerprint density at radius 3 is 2.76 bits per heavy atom. The summed E-state index contributed by atoms with van der Waals surface area (Å²) in [6.45, 7) is 2.46. The predicted molar refractivity (Wildman–Crippen MR) is 72.7 cm³/mol. The quantitative estimate of drug-likeness (QED) is 0.743. The Hall–Kier alpha value is -0.730. The van der Waals surface area contributed by atoms with Gasteiger partial charge in [0.15, 0.2) is 0 Å². The molecular weight excluding hydrogens is 234 g/mol. The van der Waals surface area contributed by atoms with E-state index in [1.807, 2.05) is 24.3 Å². The van der Waals surface area contributed by atoms with Crippen molar-refractivity contribution in [2.75, 3.05) is 25.1 Å². The van der Waals surface area contributed by atoms with Crippen LogP contribution in [0.15, 0.2) is 24.3 Å². The van der Waals surface area contributed by atoms with Crippen LogP contribution in [0, 0.1) is 5.92 Å². The van der Waals surface area contributed by atoms with Crippen LogP contribution < -0.4 is 5.32 Å². The van der Waals surface area contributed by atoms with Gasteiger partial charge in [0.1, 0.15) is 0 Å². The van der Waals surface area contributed by atoms with Crippen LogP contribution in [0.5, 0.6) is 0 Å². The topological polar surface area (TPSA) is 21.3 Å². The van der Waals surface area contributed by atoms with Gasteiger partial charge in [-0.15, -0.1) is 0 Å². The summed E-state index contributed by atoms with van der Waals surface area (Å²) in [5, 5.41) is 4.04. The molecule has 0 bridgehead atoms. The van der Waals surface area contributed by atoms with E-state index in [9.17, 15) is 0 Å². The summed E-state index contributed by atoms with van der Waals surface area (Å²) in [5.74, 6) is 0.937. The monoisotopic (exact) mass is 253 g/mol. The van der Waals surface area contributed by atoms with Gasteiger partial charge in [0.05, 0.1) is 17.3 Å². The Kier molecular flexibility index (Phi) is 5.14. The minimum Gasteiger partial charge on any atom is -0.382 e. The first-order chi connectivity index (χ1) is 8.36. The molecule has 0 amide bonds. The molecule has 0 unspecified atom stereocenters. The standard InChI is InChI=1S/C14H20ClNO/c15-13-6-1-2-7-14(13)16-9-11-17-10-8-12-4-3-5-12/h1-2,6-7,12,16H,3-5,8-11H2.